The van der Waals surface area contributed by atoms with Gasteiger partial charge >= 0.3 is 0 Å². The summed E-state index contributed by atoms with van der Waals surface area (Å²) in [6.45, 7) is 9.49. The average molecular weight is 589 g/mol. The van der Waals surface area contributed by atoms with Gasteiger partial charge < -0.3 is 9.80 Å². The van der Waals surface area contributed by atoms with Gasteiger partial charge in [0, 0.05) is 25.5 Å². The van der Waals surface area contributed by atoms with Crippen molar-refractivity contribution < 1.29 is 0 Å². The highest BCUT2D eigenvalue weighted by atomic mass is 15.4. The van der Waals surface area contributed by atoms with Crippen molar-refractivity contribution in [3.8, 4) is 0 Å². The van der Waals surface area contributed by atoms with Crippen LogP contribution >= 0.6 is 0 Å². The van der Waals surface area contributed by atoms with E-state index in [9.17, 15) is 0 Å². The van der Waals surface area contributed by atoms with Gasteiger partial charge in [0.2, 0.25) is 0 Å². The first kappa shape index (κ1) is 39.4. The molecule has 0 aromatic rings. The van der Waals surface area contributed by atoms with Gasteiger partial charge in [-0.25, -0.2) is 0 Å². The number of hydrogen-bond donors (Lipinski definition) is 0. The molecule has 0 saturated heterocycles. The number of hydrogen-bond acceptors (Lipinski definition) is 2. The van der Waals surface area contributed by atoms with Crippen molar-refractivity contribution in [1.29, 1.82) is 0 Å². The van der Waals surface area contributed by atoms with Crippen molar-refractivity contribution in [1.82, 2.24) is 9.80 Å². The van der Waals surface area contributed by atoms with Gasteiger partial charge in [-0.15, -0.1) is 0 Å². The fourth-order valence-corrected chi connectivity index (χ4v) is 6.89. The lowest BCUT2D eigenvalue weighted by atomic mass is 10.0. The molecule has 0 bridgehead atoms. The van der Waals surface area contributed by atoms with Gasteiger partial charge in [-0.1, -0.05) is 201 Å². The molecule has 1 heterocycles. The Morgan fingerprint density at radius 3 is 0.833 bits per heavy atom. The summed E-state index contributed by atoms with van der Waals surface area (Å²) in [6, 6.07) is 0. The van der Waals surface area contributed by atoms with Crippen molar-refractivity contribution in [2.75, 3.05) is 13.1 Å². The zero-order chi connectivity index (χ0) is 30.2. The third-order valence-corrected chi connectivity index (χ3v) is 9.82. The Labute approximate surface area is 267 Å². The van der Waals surface area contributed by atoms with E-state index in [0.29, 0.717) is 6.17 Å². The van der Waals surface area contributed by atoms with Gasteiger partial charge in [0.1, 0.15) is 6.17 Å². The largest absolute Gasteiger partial charge is 0.356 e. The van der Waals surface area contributed by atoms with Crippen molar-refractivity contribution in [3.05, 3.63) is 12.4 Å². The fourth-order valence-electron chi connectivity index (χ4n) is 6.89. The smallest absolute Gasteiger partial charge is 0.101 e. The van der Waals surface area contributed by atoms with Crippen LogP contribution in [0.5, 0.6) is 0 Å². The maximum absolute atomic E-state index is 2.71. The van der Waals surface area contributed by atoms with Gasteiger partial charge in [-0.05, 0) is 25.7 Å². The highest BCUT2D eigenvalue weighted by Crippen LogP contribution is 2.24. The van der Waals surface area contributed by atoms with E-state index in [1.165, 1.54) is 219 Å². The molecule has 0 aromatic carbocycles. The molecule has 0 unspecified atom stereocenters. The Morgan fingerprint density at radius 2 is 0.548 bits per heavy atom. The molecule has 2 heteroatoms. The molecule has 0 amide bonds. The Hall–Kier alpha value is -0.660. The third-order valence-electron chi connectivity index (χ3n) is 9.82. The van der Waals surface area contributed by atoms with E-state index in [-0.39, 0.29) is 0 Å². The topological polar surface area (TPSA) is 6.48 Å². The minimum atomic E-state index is 0.640. The Morgan fingerprint density at radius 1 is 0.310 bits per heavy atom. The first-order valence-corrected chi connectivity index (χ1v) is 20.0. The van der Waals surface area contributed by atoms with Crippen LogP contribution in [0.15, 0.2) is 12.4 Å². The van der Waals surface area contributed by atoms with Gasteiger partial charge in [-0.3, -0.25) is 0 Å². The van der Waals surface area contributed by atoms with Crippen LogP contribution < -0.4 is 0 Å². The van der Waals surface area contributed by atoms with Crippen LogP contribution in [0, 0.1) is 0 Å². The highest BCUT2D eigenvalue weighted by molar-refractivity contribution is 4.97. The Bertz CT molecular complexity index is 504. The molecule has 0 radical (unpaired) electrons. The minimum Gasteiger partial charge on any atom is -0.356 e. The maximum atomic E-state index is 2.71. The van der Waals surface area contributed by atoms with E-state index < -0.39 is 0 Å². The standard InChI is InChI=1S/C40H80N2/c1-4-7-10-13-15-17-19-21-23-25-27-30-33-36-41-38-39-42(40(41)35-32-29-12-9-6-3)37-34-31-28-26-24-22-20-18-16-14-11-8-5-2/h38-40H,4-37H2,1-3H3. The van der Waals surface area contributed by atoms with Crippen molar-refractivity contribution in [3.63, 3.8) is 0 Å². The molecule has 1 aliphatic rings. The SMILES string of the molecule is CCCCCCCCCCCCCCCN1C=CN(CCCCCCCCCCCCCCC)C1CCCCCCC. The predicted octanol–water partition coefficient (Wildman–Crippen LogP) is 13.9. The molecule has 0 spiro atoms. The molecule has 1 rings (SSSR count). The molecule has 1 aliphatic heterocycles. The Balaban J connectivity index is 2.12. The van der Waals surface area contributed by atoms with E-state index in [1.807, 2.05) is 0 Å². The van der Waals surface area contributed by atoms with Crippen LogP contribution in [0.2, 0.25) is 0 Å². The van der Waals surface area contributed by atoms with Crippen LogP contribution in [0.1, 0.15) is 226 Å². The second-order valence-electron chi connectivity index (χ2n) is 13.9. The summed E-state index contributed by atoms with van der Waals surface area (Å²) >= 11 is 0. The van der Waals surface area contributed by atoms with Crippen molar-refractivity contribution in [2.24, 2.45) is 0 Å². The summed E-state index contributed by atoms with van der Waals surface area (Å²) in [7, 11) is 0. The summed E-state index contributed by atoms with van der Waals surface area (Å²) in [6.07, 6.45) is 51.4. The zero-order valence-corrected chi connectivity index (χ0v) is 29.7. The normalized spacial score (nSPS) is 13.7. The van der Waals surface area contributed by atoms with E-state index in [0.717, 1.165) is 0 Å². The van der Waals surface area contributed by atoms with Gasteiger partial charge in [0.15, 0.2) is 0 Å². The second kappa shape index (κ2) is 31.8. The first-order chi connectivity index (χ1) is 20.8. The molecule has 0 fully saturated rings. The number of nitrogens with zero attached hydrogens (tertiary/aromatic N) is 2. The van der Waals surface area contributed by atoms with Crippen LogP contribution in [0.3, 0.4) is 0 Å². The molecular formula is C40H80N2. The molecule has 0 aliphatic carbocycles. The second-order valence-corrected chi connectivity index (χ2v) is 13.9. The molecule has 0 aromatic heterocycles. The quantitative estimate of drug-likeness (QED) is 0.0690. The maximum Gasteiger partial charge on any atom is 0.101 e. The molecule has 0 saturated carbocycles. The lowest BCUT2D eigenvalue weighted by molar-refractivity contribution is 0.135. The number of unbranched alkanes of at least 4 members (excludes halogenated alkanes) is 28. The lowest BCUT2D eigenvalue weighted by Gasteiger charge is -2.33. The minimum absolute atomic E-state index is 0.640. The molecule has 42 heavy (non-hydrogen) atoms. The molecular weight excluding hydrogens is 508 g/mol. The van der Waals surface area contributed by atoms with Crippen molar-refractivity contribution in [2.45, 2.75) is 232 Å². The van der Waals surface area contributed by atoms with E-state index >= 15 is 0 Å². The zero-order valence-electron chi connectivity index (χ0n) is 29.7. The van der Waals surface area contributed by atoms with E-state index in [2.05, 4.69) is 43.0 Å². The molecule has 0 atom stereocenters. The van der Waals surface area contributed by atoms with Gasteiger partial charge in [0.05, 0.1) is 0 Å². The Kier molecular flexibility index (Phi) is 29.8. The fraction of sp³-hybridized carbons (Fsp3) is 0.950. The highest BCUT2D eigenvalue weighted by Gasteiger charge is 2.24. The van der Waals surface area contributed by atoms with Gasteiger partial charge in [0.25, 0.3) is 0 Å². The first-order valence-electron chi connectivity index (χ1n) is 20.0. The van der Waals surface area contributed by atoms with Crippen LogP contribution in [-0.4, -0.2) is 29.1 Å². The van der Waals surface area contributed by atoms with E-state index in [1.54, 1.807) is 0 Å². The summed E-state index contributed by atoms with van der Waals surface area (Å²) in [5.41, 5.74) is 0. The summed E-state index contributed by atoms with van der Waals surface area (Å²) < 4.78 is 0. The van der Waals surface area contributed by atoms with Gasteiger partial charge in [-0.2, -0.15) is 0 Å². The molecule has 0 N–H and O–H groups in total. The monoisotopic (exact) mass is 589 g/mol. The van der Waals surface area contributed by atoms with Crippen LogP contribution in [0.25, 0.3) is 0 Å². The third kappa shape index (κ3) is 23.8. The van der Waals surface area contributed by atoms with Crippen LogP contribution in [0.4, 0.5) is 0 Å². The molecule has 2 nitrogen and oxygen atoms in total. The summed E-state index contributed by atoms with van der Waals surface area (Å²) in [4.78, 5) is 5.42. The summed E-state index contributed by atoms with van der Waals surface area (Å²) in [5, 5.41) is 0. The average Bonchev–Trinajstić information content (AvgIpc) is 3.38. The number of rotatable bonds is 34. The van der Waals surface area contributed by atoms with Crippen LogP contribution in [-0.2, 0) is 0 Å². The predicted molar refractivity (Wildman–Crippen MR) is 191 cm³/mol. The summed E-state index contributed by atoms with van der Waals surface area (Å²) in [5.74, 6) is 0. The molecule has 250 valence electrons. The lowest BCUT2D eigenvalue weighted by Crippen LogP contribution is -2.39. The van der Waals surface area contributed by atoms with Crippen molar-refractivity contribution >= 4 is 0 Å². The van der Waals surface area contributed by atoms with E-state index in [4.69, 9.17) is 0 Å².